The summed E-state index contributed by atoms with van der Waals surface area (Å²) in [5.74, 6) is 0.696. The van der Waals surface area contributed by atoms with Crippen LogP contribution in [0.3, 0.4) is 0 Å². The van der Waals surface area contributed by atoms with Gasteiger partial charge in [0.25, 0.3) is 0 Å². The van der Waals surface area contributed by atoms with E-state index in [1.807, 2.05) is 49.4 Å². The number of nitrogens with zero attached hydrogens (tertiary/aromatic N) is 1. The number of ether oxygens (including phenoxy) is 1. The van der Waals surface area contributed by atoms with Crippen LogP contribution in [0.5, 0.6) is 5.75 Å². The van der Waals surface area contributed by atoms with Gasteiger partial charge in [-0.1, -0.05) is 62.7 Å². The molecule has 1 atom stereocenters. The molecule has 158 valence electrons. The Morgan fingerprint density at radius 2 is 1.77 bits per heavy atom. The first-order valence-corrected chi connectivity index (χ1v) is 10.7. The van der Waals surface area contributed by atoms with E-state index in [9.17, 15) is 4.79 Å². The molecule has 1 heterocycles. The van der Waals surface area contributed by atoms with Crippen molar-refractivity contribution in [3.8, 4) is 5.75 Å². The van der Waals surface area contributed by atoms with Crippen molar-refractivity contribution in [1.82, 2.24) is 10.2 Å². The van der Waals surface area contributed by atoms with Crippen LogP contribution in [0.15, 0.2) is 54.6 Å². The zero-order valence-corrected chi connectivity index (χ0v) is 18.1. The standard InChI is InChI=1S/C25H31N3O2/c1-4-9-22-24(26-25(29)21(5-2)19-10-7-6-8-11-19)23(28-27-22)17-14-18-12-15-20(30-3)16-13-18/h6-8,10-13,15-16,21H,4-5,9,14,17H2,1-3H3,(H,26,29)(H,27,28). The molecule has 0 saturated carbocycles. The molecular formula is C25H31N3O2. The van der Waals surface area contributed by atoms with Crippen molar-refractivity contribution in [3.05, 3.63) is 77.1 Å². The van der Waals surface area contributed by atoms with Crippen molar-refractivity contribution >= 4 is 11.6 Å². The molecule has 0 radical (unpaired) electrons. The first kappa shape index (κ1) is 21.6. The predicted molar refractivity (Wildman–Crippen MR) is 121 cm³/mol. The van der Waals surface area contributed by atoms with Gasteiger partial charge in [0.15, 0.2) is 0 Å². The van der Waals surface area contributed by atoms with Gasteiger partial charge in [-0.3, -0.25) is 9.89 Å². The van der Waals surface area contributed by atoms with Crippen molar-refractivity contribution in [2.75, 3.05) is 12.4 Å². The quantitative estimate of drug-likeness (QED) is 0.482. The average molecular weight is 406 g/mol. The number of amides is 1. The van der Waals surface area contributed by atoms with E-state index in [1.54, 1.807) is 7.11 Å². The minimum Gasteiger partial charge on any atom is -0.497 e. The molecule has 5 heteroatoms. The van der Waals surface area contributed by atoms with Crippen LogP contribution in [0, 0.1) is 0 Å². The van der Waals surface area contributed by atoms with Crippen molar-refractivity contribution < 1.29 is 9.53 Å². The van der Waals surface area contributed by atoms with E-state index < -0.39 is 0 Å². The van der Waals surface area contributed by atoms with Crippen LogP contribution in [0.4, 0.5) is 5.69 Å². The van der Waals surface area contributed by atoms with Gasteiger partial charge >= 0.3 is 0 Å². The topological polar surface area (TPSA) is 67.0 Å². The number of methoxy groups -OCH3 is 1. The molecule has 0 fully saturated rings. The Kier molecular flexibility index (Phi) is 7.66. The number of hydrogen-bond acceptors (Lipinski definition) is 3. The van der Waals surface area contributed by atoms with Crippen LogP contribution in [0.1, 0.15) is 55.1 Å². The van der Waals surface area contributed by atoms with Gasteiger partial charge < -0.3 is 10.1 Å². The number of aromatic amines is 1. The number of aryl methyl sites for hydroxylation is 3. The molecule has 30 heavy (non-hydrogen) atoms. The lowest BCUT2D eigenvalue weighted by Gasteiger charge is -2.16. The number of carbonyl (C=O) groups excluding carboxylic acids is 1. The number of benzene rings is 2. The van der Waals surface area contributed by atoms with E-state index in [-0.39, 0.29) is 11.8 Å². The molecule has 0 aliphatic rings. The maximum Gasteiger partial charge on any atom is 0.232 e. The van der Waals surface area contributed by atoms with E-state index in [2.05, 4.69) is 34.6 Å². The largest absolute Gasteiger partial charge is 0.497 e. The number of anilines is 1. The lowest BCUT2D eigenvalue weighted by molar-refractivity contribution is -0.117. The van der Waals surface area contributed by atoms with Crippen LogP contribution in [-0.4, -0.2) is 23.2 Å². The predicted octanol–water partition coefficient (Wildman–Crippen LogP) is 5.29. The number of carbonyl (C=O) groups is 1. The van der Waals surface area contributed by atoms with Crippen LogP contribution in [0.25, 0.3) is 0 Å². The second-order valence-electron chi connectivity index (χ2n) is 7.48. The van der Waals surface area contributed by atoms with Gasteiger partial charge in [-0.2, -0.15) is 5.10 Å². The monoisotopic (exact) mass is 405 g/mol. The molecule has 0 saturated heterocycles. The maximum atomic E-state index is 13.1. The molecule has 5 nitrogen and oxygen atoms in total. The summed E-state index contributed by atoms with van der Waals surface area (Å²) in [7, 11) is 1.67. The zero-order chi connectivity index (χ0) is 21.3. The van der Waals surface area contributed by atoms with Gasteiger partial charge in [0.2, 0.25) is 5.91 Å². The smallest absolute Gasteiger partial charge is 0.232 e. The Bertz CT molecular complexity index is 933. The van der Waals surface area contributed by atoms with Crippen LogP contribution in [-0.2, 0) is 24.1 Å². The van der Waals surface area contributed by atoms with Gasteiger partial charge in [-0.05, 0) is 48.9 Å². The van der Waals surface area contributed by atoms with Gasteiger partial charge in [-0.15, -0.1) is 0 Å². The summed E-state index contributed by atoms with van der Waals surface area (Å²) in [6, 6.07) is 18.0. The highest BCUT2D eigenvalue weighted by Gasteiger charge is 2.22. The van der Waals surface area contributed by atoms with Gasteiger partial charge in [0, 0.05) is 0 Å². The third-order valence-corrected chi connectivity index (χ3v) is 5.40. The van der Waals surface area contributed by atoms with E-state index in [4.69, 9.17) is 4.74 Å². The molecule has 3 rings (SSSR count). The van der Waals surface area contributed by atoms with Crippen molar-refractivity contribution in [2.24, 2.45) is 0 Å². The minimum absolute atomic E-state index is 0.0214. The zero-order valence-electron chi connectivity index (χ0n) is 18.1. The molecule has 1 aromatic heterocycles. The number of rotatable bonds is 10. The molecule has 3 aromatic rings. The molecular weight excluding hydrogens is 374 g/mol. The van der Waals surface area contributed by atoms with Crippen LogP contribution in [0.2, 0.25) is 0 Å². The number of aromatic nitrogens is 2. The van der Waals surface area contributed by atoms with Gasteiger partial charge in [0.1, 0.15) is 5.75 Å². The Balaban J connectivity index is 1.76. The molecule has 2 aromatic carbocycles. The first-order valence-electron chi connectivity index (χ1n) is 10.7. The lowest BCUT2D eigenvalue weighted by Crippen LogP contribution is -2.22. The Morgan fingerprint density at radius 3 is 2.40 bits per heavy atom. The normalized spacial score (nSPS) is 11.8. The Hall–Kier alpha value is -3.08. The summed E-state index contributed by atoms with van der Waals surface area (Å²) in [6.07, 6.45) is 4.19. The summed E-state index contributed by atoms with van der Waals surface area (Å²) >= 11 is 0. The fourth-order valence-electron chi connectivity index (χ4n) is 3.70. The highest BCUT2D eigenvalue weighted by Crippen LogP contribution is 2.26. The Morgan fingerprint density at radius 1 is 1.03 bits per heavy atom. The van der Waals surface area contributed by atoms with Crippen molar-refractivity contribution in [2.45, 2.75) is 51.9 Å². The fourth-order valence-corrected chi connectivity index (χ4v) is 3.70. The molecule has 0 aliphatic heterocycles. The highest BCUT2D eigenvalue weighted by molar-refractivity contribution is 5.96. The summed E-state index contributed by atoms with van der Waals surface area (Å²) in [6.45, 7) is 4.17. The number of H-pyrrole nitrogens is 1. The summed E-state index contributed by atoms with van der Waals surface area (Å²) < 4.78 is 5.23. The summed E-state index contributed by atoms with van der Waals surface area (Å²) in [5, 5.41) is 10.9. The molecule has 0 aliphatic carbocycles. The van der Waals surface area contributed by atoms with Crippen molar-refractivity contribution in [3.63, 3.8) is 0 Å². The molecule has 0 spiro atoms. The Labute approximate surface area is 178 Å². The van der Waals surface area contributed by atoms with Gasteiger partial charge in [-0.25, -0.2) is 0 Å². The van der Waals surface area contributed by atoms with Gasteiger partial charge in [0.05, 0.1) is 30.1 Å². The SMILES string of the molecule is CCCc1[nH]nc(CCc2ccc(OC)cc2)c1NC(=O)C(CC)c1ccccc1. The first-order chi connectivity index (χ1) is 14.7. The second-order valence-corrected chi connectivity index (χ2v) is 7.48. The van der Waals surface area contributed by atoms with E-state index >= 15 is 0 Å². The van der Waals surface area contributed by atoms with Crippen LogP contribution < -0.4 is 10.1 Å². The molecule has 0 bridgehead atoms. The molecule has 1 unspecified atom stereocenters. The van der Waals surface area contributed by atoms with E-state index in [0.717, 1.165) is 60.5 Å². The second kappa shape index (κ2) is 10.6. The highest BCUT2D eigenvalue weighted by atomic mass is 16.5. The third-order valence-electron chi connectivity index (χ3n) is 5.40. The molecule has 1 amide bonds. The summed E-state index contributed by atoms with van der Waals surface area (Å²) in [5.41, 5.74) is 5.01. The average Bonchev–Trinajstić information content (AvgIpc) is 3.15. The van der Waals surface area contributed by atoms with E-state index in [1.165, 1.54) is 5.56 Å². The molecule has 2 N–H and O–H groups in total. The number of nitrogens with one attached hydrogen (secondary N) is 2. The minimum atomic E-state index is -0.176. The summed E-state index contributed by atoms with van der Waals surface area (Å²) in [4.78, 5) is 13.1. The lowest BCUT2D eigenvalue weighted by atomic mass is 9.95. The maximum absolute atomic E-state index is 13.1. The number of hydrogen-bond donors (Lipinski definition) is 2. The third kappa shape index (κ3) is 5.29. The fraction of sp³-hybridized carbons (Fsp3) is 0.360. The van der Waals surface area contributed by atoms with Crippen molar-refractivity contribution in [1.29, 1.82) is 0 Å². The van der Waals surface area contributed by atoms with E-state index in [0.29, 0.717) is 0 Å². The van der Waals surface area contributed by atoms with Crippen LogP contribution >= 0.6 is 0 Å².